The van der Waals surface area contributed by atoms with E-state index in [0.29, 0.717) is 13.1 Å². The third-order valence-electron chi connectivity index (χ3n) is 5.48. The van der Waals surface area contributed by atoms with Crippen molar-refractivity contribution in [3.8, 4) is 0 Å². The molecule has 168 valence electrons. The molecule has 1 aliphatic heterocycles. The summed E-state index contributed by atoms with van der Waals surface area (Å²) in [7, 11) is 2.03. The van der Waals surface area contributed by atoms with Crippen molar-refractivity contribution in [1.82, 2.24) is 4.57 Å². The predicted octanol–water partition coefficient (Wildman–Crippen LogP) is 4.88. The van der Waals surface area contributed by atoms with E-state index < -0.39 is 0 Å². The van der Waals surface area contributed by atoms with Gasteiger partial charge in [0.2, 0.25) is 0 Å². The van der Waals surface area contributed by atoms with Crippen molar-refractivity contribution in [2.24, 2.45) is 0 Å². The smallest absolute Gasteiger partial charge is 0.271 e. The number of rotatable bonds is 4. The second-order valence-electron chi connectivity index (χ2n) is 7.50. The van der Waals surface area contributed by atoms with Gasteiger partial charge in [-0.2, -0.15) is 4.57 Å². The van der Waals surface area contributed by atoms with Gasteiger partial charge < -0.3 is 4.90 Å². The maximum Gasteiger partial charge on any atom is 0.271 e. The molecule has 0 N–H and O–H groups in total. The summed E-state index contributed by atoms with van der Waals surface area (Å²) >= 11 is 14.8. The number of nitrogens with zero attached hydrogens (tertiary/aromatic N) is 3. The molecule has 2 aromatic heterocycles. The fraction of sp³-hybridized carbons (Fsp3) is 0.167. The molecule has 4 aromatic rings. The van der Waals surface area contributed by atoms with Gasteiger partial charge in [0.05, 0.1) is 22.2 Å². The van der Waals surface area contributed by atoms with E-state index in [4.69, 9.17) is 11.6 Å². The normalized spacial score (nSPS) is 15.4. The zero-order valence-electron chi connectivity index (χ0n) is 17.9. The van der Waals surface area contributed by atoms with Gasteiger partial charge in [0, 0.05) is 28.5 Å². The van der Waals surface area contributed by atoms with Gasteiger partial charge in [-0.25, -0.2) is 0 Å². The highest BCUT2D eigenvalue weighted by Crippen LogP contribution is 2.46. The van der Waals surface area contributed by atoms with Crippen molar-refractivity contribution >= 4 is 78.8 Å². The molecule has 0 spiro atoms. The van der Waals surface area contributed by atoms with E-state index in [1.54, 1.807) is 34.4 Å². The number of hydrogen-bond donors (Lipinski definition) is 0. The predicted molar refractivity (Wildman–Crippen MR) is 144 cm³/mol. The molecule has 0 saturated heterocycles. The first-order valence-electron chi connectivity index (χ1n) is 10.3. The highest BCUT2D eigenvalue weighted by molar-refractivity contribution is 9.10. The Morgan fingerprint density at radius 1 is 1.21 bits per heavy atom. The van der Waals surface area contributed by atoms with Crippen LogP contribution in [-0.2, 0) is 13.1 Å². The Kier molecular flexibility index (Phi) is 6.55. The maximum atomic E-state index is 13.4. The van der Waals surface area contributed by atoms with E-state index in [9.17, 15) is 4.79 Å². The van der Waals surface area contributed by atoms with Gasteiger partial charge >= 0.3 is 0 Å². The minimum Gasteiger partial charge on any atom is -0.337 e. The fourth-order valence-corrected chi connectivity index (χ4v) is 7.84. The monoisotopic (exact) mass is 576 g/mol. The highest BCUT2D eigenvalue weighted by atomic mass is 79.9. The zero-order valence-corrected chi connectivity index (χ0v) is 22.7. The van der Waals surface area contributed by atoms with Crippen molar-refractivity contribution in [2.75, 3.05) is 11.9 Å². The molecule has 0 bridgehead atoms. The van der Waals surface area contributed by atoms with Crippen molar-refractivity contribution in [1.29, 1.82) is 0 Å². The van der Waals surface area contributed by atoms with Gasteiger partial charge in [0.1, 0.15) is 14.2 Å². The summed E-state index contributed by atoms with van der Waals surface area (Å²) in [6.45, 7) is 3.32. The van der Waals surface area contributed by atoms with Crippen LogP contribution < -0.4 is 24.2 Å². The summed E-state index contributed by atoms with van der Waals surface area (Å²) in [4.78, 5) is 16.7. The molecule has 1 aliphatic rings. The van der Waals surface area contributed by atoms with E-state index >= 15 is 0 Å². The van der Waals surface area contributed by atoms with Gasteiger partial charge in [-0.3, -0.25) is 9.36 Å². The van der Waals surface area contributed by atoms with Crippen LogP contribution in [0.2, 0.25) is 5.02 Å². The van der Waals surface area contributed by atoms with Crippen LogP contribution in [0.1, 0.15) is 17.5 Å². The molecule has 2 aromatic carbocycles. The second kappa shape index (κ2) is 9.43. The number of thioether (sulfide) groups is 1. The number of thiazole rings is 2. The third kappa shape index (κ3) is 4.35. The lowest BCUT2D eigenvalue weighted by molar-refractivity contribution is -0.685. The molecule has 3 heterocycles. The Balaban J connectivity index is 1.61. The summed E-state index contributed by atoms with van der Waals surface area (Å²) in [5.74, 6) is 0. The van der Waals surface area contributed by atoms with Crippen molar-refractivity contribution in [3.63, 3.8) is 0 Å². The molecule has 0 saturated carbocycles. The Morgan fingerprint density at radius 3 is 2.82 bits per heavy atom. The SMILES string of the molecule is CCn1c(=O)/c(=C2\Sc3cc(Br)ccc3N2C)s/c1=C\c1scc[n+]1Cc1ccccc1Cl. The Morgan fingerprint density at radius 2 is 2.03 bits per heavy atom. The fourth-order valence-electron chi connectivity index (χ4n) is 3.77. The lowest BCUT2D eigenvalue weighted by Crippen LogP contribution is -2.36. The van der Waals surface area contributed by atoms with Gasteiger partial charge in [0.15, 0.2) is 12.7 Å². The van der Waals surface area contributed by atoms with Crippen LogP contribution in [0, 0.1) is 0 Å². The minimum atomic E-state index is 0.0594. The summed E-state index contributed by atoms with van der Waals surface area (Å²) in [5, 5.41) is 4.88. The van der Waals surface area contributed by atoms with Gasteiger partial charge in [0.25, 0.3) is 10.6 Å². The van der Waals surface area contributed by atoms with E-state index in [2.05, 4.69) is 55.2 Å². The first-order valence-corrected chi connectivity index (χ1v) is 14.0. The number of benzene rings is 2. The van der Waals surface area contributed by atoms with Crippen LogP contribution in [0.3, 0.4) is 0 Å². The standard InChI is InChI=1S/C24H20BrClN3OS3/c1-3-29-21(13-20-28(10-11-31-20)14-15-6-4-5-7-17(15)26)33-22(23(29)30)24-27(2)18-9-8-16(25)12-19(18)32-24/h4-13H,3,14H2,1-2H3/q+1/b24-22+. The molecule has 0 aliphatic carbocycles. The molecule has 5 rings (SSSR count). The van der Waals surface area contributed by atoms with Crippen LogP contribution in [0.25, 0.3) is 11.1 Å². The molecule has 0 atom stereocenters. The van der Waals surface area contributed by atoms with Crippen LogP contribution in [0.15, 0.2) is 68.2 Å². The molecule has 33 heavy (non-hydrogen) atoms. The number of aromatic nitrogens is 2. The van der Waals surface area contributed by atoms with E-state index in [-0.39, 0.29) is 5.56 Å². The number of halogens is 2. The van der Waals surface area contributed by atoms with Crippen LogP contribution in [-0.4, -0.2) is 11.6 Å². The largest absolute Gasteiger partial charge is 0.337 e. The van der Waals surface area contributed by atoms with Gasteiger partial charge in [-0.1, -0.05) is 68.8 Å². The number of anilines is 1. The molecule has 0 amide bonds. The van der Waals surface area contributed by atoms with E-state index in [1.165, 1.54) is 0 Å². The molecule has 0 radical (unpaired) electrons. The van der Waals surface area contributed by atoms with E-state index in [1.807, 2.05) is 48.9 Å². The molecule has 4 nitrogen and oxygen atoms in total. The van der Waals surface area contributed by atoms with Gasteiger partial charge in [-0.05, 0) is 31.2 Å². The number of fused-ring (bicyclic) bond motifs is 1. The van der Waals surface area contributed by atoms with Crippen LogP contribution in [0.5, 0.6) is 0 Å². The minimum absolute atomic E-state index is 0.0594. The van der Waals surface area contributed by atoms with Crippen LogP contribution in [0.4, 0.5) is 5.69 Å². The van der Waals surface area contributed by atoms with Gasteiger partial charge in [-0.15, -0.1) is 11.3 Å². The summed E-state index contributed by atoms with van der Waals surface area (Å²) in [5.41, 5.74) is 2.25. The number of hydrogen-bond acceptors (Lipinski definition) is 5. The summed E-state index contributed by atoms with van der Waals surface area (Å²) < 4.78 is 6.80. The van der Waals surface area contributed by atoms with Crippen molar-refractivity contribution in [3.05, 3.63) is 93.7 Å². The second-order valence-corrected chi connectivity index (χ2v) is 11.8. The molecular weight excluding hydrogens is 558 g/mol. The zero-order chi connectivity index (χ0) is 23.1. The first kappa shape index (κ1) is 22.9. The average Bonchev–Trinajstić information content (AvgIpc) is 3.46. The molecule has 0 fully saturated rings. The lowest BCUT2D eigenvalue weighted by Gasteiger charge is -2.12. The Labute approximate surface area is 217 Å². The van der Waals surface area contributed by atoms with E-state index in [0.717, 1.165) is 44.9 Å². The average molecular weight is 578 g/mol. The first-order chi connectivity index (χ1) is 16.0. The summed E-state index contributed by atoms with van der Waals surface area (Å²) in [6.07, 6.45) is 4.18. The van der Waals surface area contributed by atoms with Crippen molar-refractivity contribution in [2.45, 2.75) is 24.9 Å². The van der Waals surface area contributed by atoms with Crippen molar-refractivity contribution < 1.29 is 4.57 Å². The molecule has 9 heteroatoms. The summed E-state index contributed by atoms with van der Waals surface area (Å²) in [6, 6.07) is 14.1. The third-order valence-corrected chi connectivity index (χ3v) is 9.66. The Bertz CT molecular complexity index is 1540. The maximum absolute atomic E-state index is 13.4. The Hall–Kier alpha value is -1.84. The lowest BCUT2D eigenvalue weighted by atomic mass is 10.2. The topological polar surface area (TPSA) is 29.1 Å². The quantitative estimate of drug-likeness (QED) is 0.324. The van der Waals surface area contributed by atoms with Crippen LogP contribution >= 0.6 is 62.0 Å². The highest BCUT2D eigenvalue weighted by Gasteiger charge is 2.25. The molecule has 0 unspecified atom stereocenters. The molecular formula is C24H20BrClN3OS3+.